The first-order chi connectivity index (χ1) is 32.1. The van der Waals surface area contributed by atoms with Gasteiger partial charge in [-0.3, -0.25) is 4.79 Å². The number of hydrogen-bond donors (Lipinski definition) is 18. The van der Waals surface area contributed by atoms with E-state index in [4.69, 9.17) is 52.1 Å². The highest BCUT2D eigenvalue weighted by Gasteiger charge is 2.59. The summed E-state index contributed by atoms with van der Waals surface area (Å²) in [5.74, 6) is -0.894. The minimum absolute atomic E-state index is 0.894. The van der Waals surface area contributed by atoms with E-state index in [1.807, 2.05) is 0 Å². The fourth-order valence-corrected chi connectivity index (χ4v) is 8.77. The Balaban J connectivity index is 1.46. The zero-order valence-corrected chi connectivity index (χ0v) is 36.7. The Kier molecular flexibility index (Phi) is 19.2. The molecule has 18 N–H and O–H groups in total. The first-order valence-electron chi connectivity index (χ1n) is 21.8. The summed E-state index contributed by atoms with van der Waals surface area (Å²) in [7, 11) is 0. The average Bonchev–Trinajstić information content (AvgIpc) is 3.31. The van der Waals surface area contributed by atoms with E-state index in [9.17, 15) is 91.6 Å². The lowest BCUT2D eigenvalue weighted by Gasteiger charge is -2.52. The molecule has 1 amide bonds. The van der Waals surface area contributed by atoms with E-state index in [-0.39, 0.29) is 0 Å². The van der Waals surface area contributed by atoms with Crippen molar-refractivity contribution in [2.24, 2.45) is 0 Å². The van der Waals surface area contributed by atoms with Crippen LogP contribution in [0.2, 0.25) is 0 Å². The van der Waals surface area contributed by atoms with Crippen molar-refractivity contribution in [3.05, 3.63) is 0 Å². The maximum atomic E-state index is 13.1. The first-order valence-corrected chi connectivity index (χ1v) is 21.8. The van der Waals surface area contributed by atoms with Gasteiger partial charge in [0.15, 0.2) is 37.7 Å². The molecule has 6 fully saturated rings. The Morgan fingerprint density at radius 2 is 0.765 bits per heavy atom. The molecule has 396 valence electrons. The van der Waals surface area contributed by atoms with Crippen LogP contribution in [0.4, 0.5) is 0 Å². The number of aliphatic hydroxyl groups excluding tert-OH is 17. The van der Waals surface area contributed by atoms with Crippen LogP contribution in [0.5, 0.6) is 0 Å². The van der Waals surface area contributed by atoms with Crippen LogP contribution in [0.25, 0.3) is 0 Å². The number of hydrogen-bond acceptors (Lipinski definition) is 29. The molecule has 0 aromatic rings. The van der Waals surface area contributed by atoms with Crippen LogP contribution in [0, 0.1) is 0 Å². The smallest absolute Gasteiger partial charge is 0.217 e. The van der Waals surface area contributed by atoms with Crippen LogP contribution in [-0.4, -0.2) is 303 Å². The molecule has 0 spiro atoms. The van der Waals surface area contributed by atoms with Gasteiger partial charge in [-0.15, -0.1) is 0 Å². The number of carbonyl (C=O) groups is 1. The lowest BCUT2D eigenvalue weighted by molar-refractivity contribution is -0.409. The van der Waals surface area contributed by atoms with Crippen molar-refractivity contribution in [2.45, 2.75) is 205 Å². The van der Waals surface area contributed by atoms with E-state index >= 15 is 0 Å². The lowest BCUT2D eigenvalue weighted by Crippen LogP contribution is -2.72. The predicted octanol–water partition coefficient (Wildman–Crippen LogP) is -11.9. The number of aliphatic hydroxyl groups is 17. The SMILES string of the molecule is CC(=O)N[C@H]1[C@H](O[C@H]2[C@@H](O)[C@@H](CO)OC(O)[C@@H]2O)O[C@H](CO)[C@@H](O[C@@H]2O[C@@H](C)[C@@H](O)[C@@H](O)[C@@H]2O)[C@@H]1O[C@@H]1O[C@H](CO)[C@H](O)[C@H](O[C@H]2O[C@H](CO)[C@H](O)[C@H](O)[C@H]2O)[C@H]1O[C@@H]1O[C@@H](C)[C@@H](O)[C@@H](O)[C@@H]1O. The van der Waals surface area contributed by atoms with Crippen molar-refractivity contribution < 1.29 is 144 Å². The third-order valence-electron chi connectivity index (χ3n) is 12.8. The van der Waals surface area contributed by atoms with E-state index in [0.29, 0.717) is 0 Å². The molecule has 30 atom stereocenters. The van der Waals surface area contributed by atoms with Crippen LogP contribution in [-0.2, 0) is 56.9 Å². The summed E-state index contributed by atoms with van der Waals surface area (Å²) < 4.78 is 64.6. The topological polar surface area (TPSA) is 475 Å². The first kappa shape index (κ1) is 55.7. The third-order valence-corrected chi connectivity index (χ3v) is 12.8. The summed E-state index contributed by atoms with van der Waals surface area (Å²) in [6.07, 6.45) is -55.0. The van der Waals surface area contributed by atoms with Crippen LogP contribution in [0.1, 0.15) is 20.8 Å². The maximum absolute atomic E-state index is 13.1. The van der Waals surface area contributed by atoms with Gasteiger partial charge < -0.3 is 144 Å². The van der Waals surface area contributed by atoms with Crippen molar-refractivity contribution >= 4 is 5.91 Å². The minimum atomic E-state index is -2.20. The van der Waals surface area contributed by atoms with Gasteiger partial charge in [-0.2, -0.15) is 0 Å². The largest absolute Gasteiger partial charge is 0.394 e. The zero-order valence-electron chi connectivity index (χ0n) is 36.7. The second kappa shape index (κ2) is 23.5. The molecule has 1 unspecified atom stereocenters. The number of carbonyl (C=O) groups excluding carboxylic acids is 1. The number of ether oxygens (including phenoxy) is 11. The highest BCUT2D eigenvalue weighted by molar-refractivity contribution is 5.73. The van der Waals surface area contributed by atoms with Gasteiger partial charge in [-0.25, -0.2) is 0 Å². The number of rotatable bonds is 15. The summed E-state index contributed by atoms with van der Waals surface area (Å²) in [6.45, 7) is -0.416. The highest BCUT2D eigenvalue weighted by atomic mass is 16.8. The molecule has 6 aliphatic rings. The fourth-order valence-electron chi connectivity index (χ4n) is 8.77. The van der Waals surface area contributed by atoms with Crippen molar-refractivity contribution in [3.8, 4) is 0 Å². The van der Waals surface area contributed by atoms with Crippen LogP contribution in [0.3, 0.4) is 0 Å². The van der Waals surface area contributed by atoms with Crippen molar-refractivity contribution in [3.63, 3.8) is 0 Å². The van der Waals surface area contributed by atoms with E-state index in [2.05, 4.69) is 5.32 Å². The van der Waals surface area contributed by atoms with E-state index in [1.54, 1.807) is 0 Å². The quantitative estimate of drug-likeness (QED) is 0.0724. The molecule has 0 radical (unpaired) electrons. The Bertz CT molecular complexity index is 1590. The second-order valence-electron chi connectivity index (χ2n) is 17.5. The van der Waals surface area contributed by atoms with Crippen LogP contribution in [0.15, 0.2) is 0 Å². The Morgan fingerprint density at radius 3 is 1.28 bits per heavy atom. The van der Waals surface area contributed by atoms with E-state index in [1.165, 1.54) is 13.8 Å². The van der Waals surface area contributed by atoms with Gasteiger partial charge >= 0.3 is 0 Å². The molecule has 6 rings (SSSR count). The average molecular weight is 1000 g/mol. The highest BCUT2D eigenvalue weighted by Crippen LogP contribution is 2.39. The molecule has 6 heterocycles. The minimum Gasteiger partial charge on any atom is -0.394 e. The maximum Gasteiger partial charge on any atom is 0.217 e. The molecule has 68 heavy (non-hydrogen) atoms. The Morgan fingerprint density at radius 1 is 0.382 bits per heavy atom. The zero-order chi connectivity index (χ0) is 50.2. The molecule has 0 bridgehead atoms. The molecule has 0 aliphatic carbocycles. The molecular formula is C38H65NO29. The summed E-state index contributed by atoms with van der Waals surface area (Å²) in [5, 5.41) is 184. The van der Waals surface area contributed by atoms with Gasteiger partial charge in [-0.05, 0) is 13.8 Å². The Labute approximate surface area is 386 Å². The molecule has 30 nitrogen and oxygen atoms in total. The van der Waals surface area contributed by atoms with Crippen molar-refractivity contribution in [2.75, 3.05) is 26.4 Å². The Hall–Kier alpha value is -1.65. The molecule has 0 aromatic carbocycles. The van der Waals surface area contributed by atoms with Crippen LogP contribution < -0.4 is 5.32 Å². The molecule has 6 aliphatic heterocycles. The van der Waals surface area contributed by atoms with Gasteiger partial charge in [-0.1, -0.05) is 0 Å². The number of amides is 1. The van der Waals surface area contributed by atoms with Gasteiger partial charge in [0.2, 0.25) is 5.91 Å². The van der Waals surface area contributed by atoms with Crippen LogP contribution >= 0.6 is 0 Å². The molecule has 0 saturated carbocycles. The molecule has 6 saturated heterocycles. The normalized spacial score (nSPS) is 52.6. The standard InChI is InChI=1S/C38H65NO29/c1-8-16(45)21(50)24(53)35(58-8)64-28-14(7-43)63-34(66-30-19(48)12(5-41)60-33(57)27(30)56)15(39-10(3)44)29(28)65-38-32(68-36-25(54)22(51)17(46)9(2)59-36)31(20(49)13(6-42)62-38)67-37-26(55)23(52)18(47)11(4-40)61-37/h8-9,11-38,40-43,45-57H,4-7H2,1-3H3,(H,39,44)/t8-,9-,11+,12+,13+,14+,15+,16+,17+,18-,19-,20-,21+,22+,23-,24-,25-,26+,27+,28+,29+,30-,31-,32+,33?,34-,35-,36-,37+,38-/m0/s1. The monoisotopic (exact) mass is 999 g/mol. The summed E-state index contributed by atoms with van der Waals surface area (Å²) in [4.78, 5) is 13.1. The van der Waals surface area contributed by atoms with Gasteiger partial charge in [0.05, 0.1) is 38.6 Å². The summed E-state index contributed by atoms with van der Waals surface area (Å²) in [6, 6.07) is -1.86. The van der Waals surface area contributed by atoms with Gasteiger partial charge in [0.25, 0.3) is 0 Å². The summed E-state index contributed by atoms with van der Waals surface area (Å²) in [5.41, 5.74) is 0. The second-order valence-corrected chi connectivity index (χ2v) is 17.5. The van der Waals surface area contributed by atoms with Crippen molar-refractivity contribution in [1.29, 1.82) is 0 Å². The number of nitrogens with one attached hydrogen (secondary N) is 1. The molecular weight excluding hydrogens is 934 g/mol. The molecule has 30 heteroatoms. The van der Waals surface area contributed by atoms with Gasteiger partial charge in [0.1, 0.15) is 134 Å². The van der Waals surface area contributed by atoms with E-state index < -0.39 is 217 Å². The third kappa shape index (κ3) is 11.4. The lowest BCUT2D eigenvalue weighted by atomic mass is 9.93. The van der Waals surface area contributed by atoms with E-state index in [0.717, 1.165) is 6.92 Å². The fraction of sp³-hybridized carbons (Fsp3) is 0.974. The predicted molar refractivity (Wildman–Crippen MR) is 208 cm³/mol. The van der Waals surface area contributed by atoms with Gasteiger partial charge in [0, 0.05) is 6.92 Å². The summed E-state index contributed by atoms with van der Waals surface area (Å²) >= 11 is 0. The van der Waals surface area contributed by atoms with Crippen molar-refractivity contribution in [1.82, 2.24) is 5.32 Å². The molecule has 0 aromatic heterocycles.